The second-order valence-electron chi connectivity index (χ2n) is 3.97. The molecule has 20 heavy (non-hydrogen) atoms. The summed E-state index contributed by atoms with van der Waals surface area (Å²) in [5.74, 6) is -0.274. The summed E-state index contributed by atoms with van der Waals surface area (Å²) in [5.41, 5.74) is 0. The van der Waals surface area contributed by atoms with Gasteiger partial charge in [0.2, 0.25) is 0 Å². The maximum absolute atomic E-state index is 10.1. The Morgan fingerprint density at radius 1 is 0.600 bits per heavy atom. The van der Waals surface area contributed by atoms with Crippen molar-refractivity contribution < 1.29 is 113 Å². The minimum Gasteiger partial charge on any atom is -0.507 e. The maximum atomic E-state index is 10.1. The maximum Gasteiger partial charge on any atom is 0.165 e. The molecule has 3 rings (SSSR count). The molecule has 0 aromatic heterocycles. The van der Waals surface area contributed by atoms with E-state index in [1.54, 1.807) is 12.1 Å². The van der Waals surface area contributed by atoms with Crippen LogP contribution in [-0.4, -0.2) is 15.3 Å². The van der Waals surface area contributed by atoms with Crippen molar-refractivity contribution in [1.29, 1.82) is 0 Å². The molecule has 3 nitrogen and oxygen atoms in total. The van der Waals surface area contributed by atoms with Crippen LogP contribution in [0.5, 0.6) is 17.2 Å². The fourth-order valence-corrected chi connectivity index (χ4v) is 2.09. The Balaban J connectivity index is 0.00000120. The van der Waals surface area contributed by atoms with Gasteiger partial charge in [-0.05, 0) is 23.6 Å². The number of fused-ring (bicyclic) bond motifs is 2. The first kappa shape index (κ1) is 20.9. The minimum atomic E-state index is -0.205. The van der Waals surface area contributed by atoms with Crippen LogP contribution in [-0.2, 0) is 98.1 Å². The Bertz CT molecular complexity index is 744. The molecule has 6 heteroatoms. The number of hydrogen-bond donors (Lipinski definition) is 3. The van der Waals surface area contributed by atoms with Gasteiger partial charge in [-0.15, -0.1) is 0 Å². The van der Waals surface area contributed by atoms with Crippen molar-refractivity contribution in [2.24, 2.45) is 0 Å². The van der Waals surface area contributed by atoms with Crippen molar-refractivity contribution in [2.45, 2.75) is 0 Å². The Morgan fingerprint density at radius 3 is 1.95 bits per heavy atom. The van der Waals surface area contributed by atoms with Gasteiger partial charge in [0, 0.05) is 114 Å². The molecule has 0 unspecified atom stereocenters. The molecule has 3 N–H and O–H groups in total. The van der Waals surface area contributed by atoms with E-state index >= 15 is 0 Å². The standard InChI is InChI=1S/C14H10O3.3Y/c15-12-6-5-10-11(14(12)17)7-8-3-1-2-4-9(8)13(10)16;;;/h1-7,15-17H;;;. The van der Waals surface area contributed by atoms with Crippen LogP contribution in [0, 0.1) is 0 Å². The first-order valence-corrected chi connectivity index (χ1v) is 5.24. The molecule has 93 valence electrons. The van der Waals surface area contributed by atoms with Crippen LogP contribution < -0.4 is 0 Å². The third kappa shape index (κ3) is 3.62. The largest absolute Gasteiger partial charge is 0.507 e. The van der Waals surface area contributed by atoms with Gasteiger partial charge in [0.1, 0.15) is 5.75 Å². The third-order valence-electron chi connectivity index (χ3n) is 2.97. The zero-order valence-electron chi connectivity index (χ0n) is 10.6. The molecule has 0 aliphatic heterocycles. The van der Waals surface area contributed by atoms with Gasteiger partial charge in [-0.25, -0.2) is 0 Å². The molecule has 0 saturated heterocycles. The number of phenols is 3. The van der Waals surface area contributed by atoms with E-state index < -0.39 is 0 Å². The summed E-state index contributed by atoms with van der Waals surface area (Å²) in [4.78, 5) is 0. The Hall–Kier alpha value is 0.892. The van der Waals surface area contributed by atoms with Crippen molar-refractivity contribution in [3.8, 4) is 17.2 Å². The van der Waals surface area contributed by atoms with Crippen molar-refractivity contribution in [3.05, 3.63) is 42.5 Å². The van der Waals surface area contributed by atoms with E-state index in [4.69, 9.17) is 0 Å². The number of hydrogen-bond acceptors (Lipinski definition) is 3. The monoisotopic (exact) mass is 493 g/mol. The summed E-state index contributed by atoms with van der Waals surface area (Å²) in [7, 11) is 0. The Morgan fingerprint density at radius 2 is 1.25 bits per heavy atom. The molecule has 0 amide bonds. The van der Waals surface area contributed by atoms with E-state index in [9.17, 15) is 15.3 Å². The summed E-state index contributed by atoms with van der Waals surface area (Å²) < 4.78 is 0. The van der Waals surface area contributed by atoms with Crippen LogP contribution in [0.2, 0.25) is 0 Å². The Labute approximate surface area is 191 Å². The van der Waals surface area contributed by atoms with E-state index in [1.807, 2.05) is 24.3 Å². The van der Waals surface area contributed by atoms with Crippen LogP contribution in [0.25, 0.3) is 21.5 Å². The van der Waals surface area contributed by atoms with Gasteiger partial charge in [-0.1, -0.05) is 24.3 Å². The molecule has 0 aliphatic carbocycles. The topological polar surface area (TPSA) is 60.7 Å². The quantitative estimate of drug-likeness (QED) is 0.334. The molecule has 0 atom stereocenters. The van der Waals surface area contributed by atoms with Crippen LogP contribution in [0.4, 0.5) is 0 Å². The number of aromatic hydroxyl groups is 3. The fourth-order valence-electron chi connectivity index (χ4n) is 2.09. The van der Waals surface area contributed by atoms with Gasteiger partial charge >= 0.3 is 0 Å². The molecule has 3 aromatic carbocycles. The van der Waals surface area contributed by atoms with Gasteiger partial charge in [-0.3, -0.25) is 0 Å². The number of rotatable bonds is 0. The summed E-state index contributed by atoms with van der Waals surface area (Å²) in [5, 5.41) is 31.9. The van der Waals surface area contributed by atoms with E-state index in [-0.39, 0.29) is 115 Å². The van der Waals surface area contributed by atoms with E-state index in [0.29, 0.717) is 10.8 Å². The molecular formula is C14H10O3Y3. The molecule has 0 bridgehead atoms. The molecule has 3 radical (unpaired) electrons. The van der Waals surface area contributed by atoms with Crippen molar-refractivity contribution in [3.63, 3.8) is 0 Å². The fraction of sp³-hybridized carbons (Fsp3) is 0. The first-order valence-electron chi connectivity index (χ1n) is 5.24. The SMILES string of the molecule is Oc1ccc2c(O)c3ccccc3cc2c1O.[Y].[Y].[Y]. The van der Waals surface area contributed by atoms with Gasteiger partial charge in [-0.2, -0.15) is 0 Å². The van der Waals surface area contributed by atoms with Crippen LogP contribution in [0.1, 0.15) is 0 Å². The molecule has 0 aliphatic rings. The van der Waals surface area contributed by atoms with Crippen LogP contribution in [0.15, 0.2) is 42.5 Å². The van der Waals surface area contributed by atoms with Crippen molar-refractivity contribution in [1.82, 2.24) is 0 Å². The predicted octanol–water partition coefficient (Wildman–Crippen LogP) is 3.10. The summed E-state index contributed by atoms with van der Waals surface area (Å²) >= 11 is 0. The van der Waals surface area contributed by atoms with Crippen molar-refractivity contribution in [2.75, 3.05) is 0 Å². The third-order valence-corrected chi connectivity index (χ3v) is 2.97. The second-order valence-corrected chi connectivity index (χ2v) is 3.97. The molecule has 0 heterocycles. The zero-order valence-corrected chi connectivity index (χ0v) is 19.1. The summed E-state index contributed by atoms with van der Waals surface area (Å²) in [6, 6.07) is 12.1. The normalized spacial score (nSPS) is 9.40. The molecule has 0 spiro atoms. The second kappa shape index (κ2) is 8.50. The van der Waals surface area contributed by atoms with E-state index in [0.717, 1.165) is 10.8 Å². The average molecular weight is 493 g/mol. The van der Waals surface area contributed by atoms with Gasteiger partial charge in [0.05, 0.1) is 0 Å². The number of phenolic OH excluding ortho intramolecular Hbond substituents is 3. The predicted molar refractivity (Wildman–Crippen MR) is 66.4 cm³/mol. The summed E-state index contributed by atoms with van der Waals surface area (Å²) in [6.45, 7) is 0. The minimum absolute atomic E-state index is 0. The van der Waals surface area contributed by atoms with Crippen molar-refractivity contribution >= 4 is 21.5 Å². The molecule has 3 aromatic rings. The summed E-state index contributed by atoms with van der Waals surface area (Å²) in [6.07, 6.45) is 0. The molecular weight excluding hydrogens is 483 g/mol. The number of benzene rings is 3. The van der Waals surface area contributed by atoms with E-state index in [1.165, 1.54) is 6.07 Å². The van der Waals surface area contributed by atoms with Crippen LogP contribution >= 0.6 is 0 Å². The molecule has 0 fully saturated rings. The van der Waals surface area contributed by atoms with Gasteiger partial charge < -0.3 is 15.3 Å². The Kier molecular flexibility index (Phi) is 8.88. The zero-order chi connectivity index (χ0) is 12.0. The van der Waals surface area contributed by atoms with Gasteiger partial charge in [0.15, 0.2) is 11.5 Å². The van der Waals surface area contributed by atoms with Gasteiger partial charge in [0.25, 0.3) is 0 Å². The smallest absolute Gasteiger partial charge is 0.165 e. The van der Waals surface area contributed by atoms with Crippen LogP contribution in [0.3, 0.4) is 0 Å². The van der Waals surface area contributed by atoms with E-state index in [2.05, 4.69) is 0 Å². The first-order chi connectivity index (χ1) is 8.18. The average Bonchev–Trinajstić information content (AvgIpc) is 2.35. The molecule has 0 saturated carbocycles.